The summed E-state index contributed by atoms with van der Waals surface area (Å²) in [6.45, 7) is 9.17. The smallest absolute Gasteiger partial charge is 0.0196 e. The van der Waals surface area contributed by atoms with Gasteiger partial charge >= 0.3 is 0 Å². The van der Waals surface area contributed by atoms with Gasteiger partial charge in [-0.15, -0.1) is 0 Å². The Labute approximate surface area is 82.7 Å². The summed E-state index contributed by atoms with van der Waals surface area (Å²) >= 11 is 0. The molecule has 0 spiro atoms. The molecule has 2 atom stereocenters. The molecular formula is C13H22. The molecule has 1 rings (SSSR count). The Morgan fingerprint density at radius 1 is 1.54 bits per heavy atom. The van der Waals surface area contributed by atoms with E-state index in [9.17, 15) is 0 Å². The summed E-state index contributed by atoms with van der Waals surface area (Å²) in [6, 6.07) is 0. The van der Waals surface area contributed by atoms with E-state index < -0.39 is 0 Å². The van der Waals surface area contributed by atoms with Gasteiger partial charge in [0.1, 0.15) is 0 Å². The van der Waals surface area contributed by atoms with Crippen molar-refractivity contribution in [2.75, 3.05) is 0 Å². The van der Waals surface area contributed by atoms with Crippen LogP contribution in [-0.2, 0) is 0 Å². The zero-order valence-corrected chi connectivity index (χ0v) is 9.43. The van der Waals surface area contributed by atoms with Crippen LogP contribution >= 0.6 is 0 Å². The Morgan fingerprint density at radius 2 is 2.23 bits per heavy atom. The summed E-state index contributed by atoms with van der Waals surface area (Å²) in [5, 5.41) is 0. The first-order valence-electron chi connectivity index (χ1n) is 5.50. The van der Waals surface area contributed by atoms with Crippen molar-refractivity contribution in [3.8, 4) is 0 Å². The van der Waals surface area contributed by atoms with Crippen LogP contribution < -0.4 is 0 Å². The lowest BCUT2D eigenvalue weighted by Crippen LogP contribution is -2.03. The predicted octanol–water partition coefficient (Wildman–Crippen LogP) is 4.34. The average molecular weight is 178 g/mol. The molecule has 13 heavy (non-hydrogen) atoms. The van der Waals surface area contributed by atoms with E-state index >= 15 is 0 Å². The Bertz CT molecular complexity index is 220. The molecule has 0 amide bonds. The topological polar surface area (TPSA) is 0 Å². The third kappa shape index (κ3) is 3.02. The first kappa shape index (κ1) is 10.6. The standard InChI is InChI=1S/C13H22/c1-5-10(2)8-13-7-6-11(3)12(4)9-13/h7,9-11H,5-6,8H2,1-4H3. The lowest BCUT2D eigenvalue weighted by atomic mass is 9.87. The molecule has 2 unspecified atom stereocenters. The molecule has 74 valence electrons. The molecular weight excluding hydrogens is 156 g/mol. The SMILES string of the molecule is CCC(C)CC1=CCC(C)C(C)=C1. The number of rotatable bonds is 3. The lowest BCUT2D eigenvalue weighted by Gasteiger charge is -2.19. The molecule has 0 bridgehead atoms. The summed E-state index contributed by atoms with van der Waals surface area (Å²) in [4.78, 5) is 0. The first-order valence-corrected chi connectivity index (χ1v) is 5.50. The van der Waals surface area contributed by atoms with Gasteiger partial charge in [-0.05, 0) is 31.6 Å². The number of allylic oxidation sites excluding steroid dienone is 4. The highest BCUT2D eigenvalue weighted by molar-refractivity contribution is 5.28. The summed E-state index contributed by atoms with van der Waals surface area (Å²) in [5.74, 6) is 1.60. The normalized spacial score (nSPS) is 25.1. The molecule has 0 aromatic rings. The van der Waals surface area contributed by atoms with Crippen molar-refractivity contribution >= 4 is 0 Å². The van der Waals surface area contributed by atoms with Crippen molar-refractivity contribution in [1.82, 2.24) is 0 Å². The predicted molar refractivity (Wildman–Crippen MR) is 59.7 cm³/mol. The minimum absolute atomic E-state index is 0.765. The summed E-state index contributed by atoms with van der Waals surface area (Å²) in [6.07, 6.45) is 8.61. The van der Waals surface area contributed by atoms with Gasteiger partial charge in [0.05, 0.1) is 0 Å². The van der Waals surface area contributed by atoms with E-state index in [-0.39, 0.29) is 0 Å². The molecule has 0 saturated carbocycles. The van der Waals surface area contributed by atoms with Gasteiger partial charge in [-0.1, -0.05) is 50.5 Å². The molecule has 0 fully saturated rings. The van der Waals surface area contributed by atoms with Gasteiger partial charge in [-0.2, -0.15) is 0 Å². The van der Waals surface area contributed by atoms with Gasteiger partial charge in [0.25, 0.3) is 0 Å². The maximum Gasteiger partial charge on any atom is -0.0196 e. The third-order valence-electron chi connectivity index (χ3n) is 3.21. The van der Waals surface area contributed by atoms with Crippen molar-refractivity contribution in [2.45, 2.75) is 47.0 Å². The molecule has 0 heteroatoms. The monoisotopic (exact) mass is 178 g/mol. The Kier molecular flexibility index (Phi) is 3.77. The highest BCUT2D eigenvalue weighted by Crippen LogP contribution is 2.26. The number of hydrogen-bond donors (Lipinski definition) is 0. The lowest BCUT2D eigenvalue weighted by molar-refractivity contribution is 0.555. The minimum atomic E-state index is 0.765. The number of hydrogen-bond acceptors (Lipinski definition) is 0. The second-order valence-corrected chi connectivity index (χ2v) is 4.52. The molecule has 0 radical (unpaired) electrons. The molecule has 0 nitrogen and oxygen atoms in total. The van der Waals surface area contributed by atoms with Crippen LogP contribution in [0, 0.1) is 11.8 Å². The van der Waals surface area contributed by atoms with Gasteiger partial charge in [0.15, 0.2) is 0 Å². The summed E-state index contributed by atoms with van der Waals surface area (Å²) in [7, 11) is 0. The van der Waals surface area contributed by atoms with E-state index in [0.29, 0.717) is 0 Å². The average Bonchev–Trinajstić information content (AvgIpc) is 2.11. The van der Waals surface area contributed by atoms with E-state index in [2.05, 4.69) is 39.8 Å². The van der Waals surface area contributed by atoms with Gasteiger partial charge < -0.3 is 0 Å². The van der Waals surface area contributed by atoms with Crippen molar-refractivity contribution in [2.24, 2.45) is 11.8 Å². The van der Waals surface area contributed by atoms with Crippen LogP contribution in [0.2, 0.25) is 0 Å². The van der Waals surface area contributed by atoms with Crippen molar-refractivity contribution in [3.63, 3.8) is 0 Å². The highest BCUT2D eigenvalue weighted by atomic mass is 14.2. The van der Waals surface area contributed by atoms with Crippen molar-refractivity contribution in [1.29, 1.82) is 0 Å². The van der Waals surface area contributed by atoms with Crippen LogP contribution in [0.5, 0.6) is 0 Å². The Morgan fingerprint density at radius 3 is 2.77 bits per heavy atom. The Balaban J connectivity index is 2.54. The summed E-state index contributed by atoms with van der Waals surface area (Å²) < 4.78 is 0. The van der Waals surface area contributed by atoms with E-state index in [0.717, 1.165) is 11.8 Å². The third-order valence-corrected chi connectivity index (χ3v) is 3.21. The Hall–Kier alpha value is -0.520. The van der Waals surface area contributed by atoms with Crippen molar-refractivity contribution in [3.05, 3.63) is 23.3 Å². The molecule has 0 saturated heterocycles. The van der Waals surface area contributed by atoms with E-state index in [1.807, 2.05) is 0 Å². The maximum absolute atomic E-state index is 2.42. The quantitative estimate of drug-likeness (QED) is 0.603. The summed E-state index contributed by atoms with van der Waals surface area (Å²) in [5.41, 5.74) is 3.12. The molecule has 0 aromatic carbocycles. The van der Waals surface area contributed by atoms with Crippen LogP contribution in [0.25, 0.3) is 0 Å². The van der Waals surface area contributed by atoms with Gasteiger partial charge in [-0.25, -0.2) is 0 Å². The largest absolute Gasteiger partial charge is 0.0807 e. The second kappa shape index (κ2) is 4.64. The van der Waals surface area contributed by atoms with E-state index in [4.69, 9.17) is 0 Å². The minimum Gasteiger partial charge on any atom is -0.0807 e. The van der Waals surface area contributed by atoms with Crippen molar-refractivity contribution < 1.29 is 0 Å². The van der Waals surface area contributed by atoms with Gasteiger partial charge in [0, 0.05) is 0 Å². The van der Waals surface area contributed by atoms with Crippen LogP contribution in [0.4, 0.5) is 0 Å². The molecule has 0 aliphatic heterocycles. The first-order chi connectivity index (χ1) is 6.13. The molecule has 1 aliphatic rings. The van der Waals surface area contributed by atoms with E-state index in [1.54, 1.807) is 11.1 Å². The molecule has 0 heterocycles. The zero-order valence-electron chi connectivity index (χ0n) is 9.43. The van der Waals surface area contributed by atoms with Crippen LogP contribution in [-0.4, -0.2) is 0 Å². The van der Waals surface area contributed by atoms with E-state index in [1.165, 1.54) is 19.3 Å². The fraction of sp³-hybridized carbons (Fsp3) is 0.692. The van der Waals surface area contributed by atoms with Crippen LogP contribution in [0.15, 0.2) is 23.3 Å². The fourth-order valence-corrected chi connectivity index (χ4v) is 1.70. The van der Waals surface area contributed by atoms with Crippen LogP contribution in [0.3, 0.4) is 0 Å². The van der Waals surface area contributed by atoms with Gasteiger partial charge in [-0.3, -0.25) is 0 Å². The maximum atomic E-state index is 2.42. The molecule has 0 N–H and O–H groups in total. The molecule has 1 aliphatic carbocycles. The highest BCUT2D eigenvalue weighted by Gasteiger charge is 2.10. The van der Waals surface area contributed by atoms with Crippen LogP contribution in [0.1, 0.15) is 47.0 Å². The molecule has 0 aromatic heterocycles. The fourth-order valence-electron chi connectivity index (χ4n) is 1.70. The van der Waals surface area contributed by atoms with Gasteiger partial charge in [0.2, 0.25) is 0 Å². The zero-order chi connectivity index (χ0) is 9.84. The second-order valence-electron chi connectivity index (χ2n) is 4.52.